The maximum absolute atomic E-state index is 10.4. The van der Waals surface area contributed by atoms with Gasteiger partial charge in [-0.3, -0.25) is 4.79 Å². The van der Waals surface area contributed by atoms with Gasteiger partial charge in [0.1, 0.15) is 0 Å². The number of hydrogen-bond acceptors (Lipinski definition) is 4. The minimum Gasteiger partial charge on any atom is -0.436 e. The lowest BCUT2D eigenvalue weighted by atomic mass is 10.2. The van der Waals surface area contributed by atoms with Gasteiger partial charge in [-0.1, -0.05) is 0 Å². The maximum atomic E-state index is 10.4. The molecule has 0 aliphatic carbocycles. The fraction of sp³-hybridized carbons (Fsp3) is 0.600. The predicted octanol–water partition coefficient (Wildman–Crippen LogP) is -1.35. The number of rotatable bonds is 2. The second-order valence-electron chi connectivity index (χ2n) is 1.94. The highest BCUT2D eigenvalue weighted by molar-refractivity contribution is 5.76. The third-order valence-corrected chi connectivity index (χ3v) is 1.27. The first-order valence-electron chi connectivity index (χ1n) is 2.81. The van der Waals surface area contributed by atoms with Crippen molar-refractivity contribution in [2.75, 3.05) is 6.61 Å². The molecule has 0 aromatic carbocycles. The number of hydrogen-bond donors (Lipinski definition) is 2. The molecular formula is C5H7NO4. The predicted molar refractivity (Wildman–Crippen MR) is 30.3 cm³/mol. The molecular weight excluding hydrogens is 138 g/mol. The Morgan fingerprint density at radius 2 is 2.50 bits per heavy atom. The highest BCUT2D eigenvalue weighted by atomic mass is 16.6. The first kappa shape index (κ1) is 7.01. The average Bonchev–Trinajstić information content (AvgIpc) is 2.30. The fourth-order valence-corrected chi connectivity index (χ4v) is 0.745. The smallest absolute Gasteiger partial charge is 0.408 e. The number of aldehydes is 1. The van der Waals surface area contributed by atoms with E-state index in [0.29, 0.717) is 6.29 Å². The summed E-state index contributed by atoms with van der Waals surface area (Å²) in [5, 5.41) is 10.8. The zero-order chi connectivity index (χ0) is 7.56. The zero-order valence-electron chi connectivity index (χ0n) is 5.11. The van der Waals surface area contributed by atoms with Crippen molar-refractivity contribution < 1.29 is 19.4 Å². The molecule has 10 heavy (non-hydrogen) atoms. The quantitative estimate of drug-likeness (QED) is 0.471. The number of ether oxygens (including phenoxy) is 1. The highest BCUT2D eigenvalue weighted by Gasteiger charge is 2.32. The monoisotopic (exact) mass is 145 g/mol. The molecule has 1 fully saturated rings. The van der Waals surface area contributed by atoms with Crippen molar-refractivity contribution >= 4 is 12.4 Å². The van der Waals surface area contributed by atoms with Gasteiger partial charge in [0, 0.05) is 0 Å². The number of aliphatic hydroxyl groups is 1. The van der Waals surface area contributed by atoms with Crippen molar-refractivity contribution in [3.8, 4) is 0 Å². The summed E-state index contributed by atoms with van der Waals surface area (Å²) in [5.41, 5.74) is 0. The van der Waals surface area contributed by atoms with E-state index in [-0.39, 0.29) is 6.61 Å². The Morgan fingerprint density at radius 3 is 2.90 bits per heavy atom. The zero-order valence-corrected chi connectivity index (χ0v) is 5.11. The highest BCUT2D eigenvalue weighted by Crippen LogP contribution is 2.04. The Hall–Kier alpha value is -1.10. The van der Waals surface area contributed by atoms with Crippen molar-refractivity contribution in [1.82, 2.24) is 5.32 Å². The Morgan fingerprint density at radius 1 is 1.80 bits per heavy atom. The SMILES string of the molecule is O=C[C@@H]1OC(=O)N[C@H]1CO. The van der Waals surface area contributed by atoms with Crippen LogP contribution >= 0.6 is 0 Å². The van der Waals surface area contributed by atoms with E-state index >= 15 is 0 Å². The van der Waals surface area contributed by atoms with E-state index < -0.39 is 18.2 Å². The summed E-state index contributed by atoms with van der Waals surface area (Å²) in [6, 6.07) is -0.579. The second kappa shape index (κ2) is 2.66. The Bertz CT molecular complexity index is 158. The normalized spacial score (nSPS) is 31.1. The molecule has 0 unspecified atom stereocenters. The molecule has 1 aliphatic rings. The van der Waals surface area contributed by atoms with Crippen LogP contribution in [0.1, 0.15) is 0 Å². The summed E-state index contributed by atoms with van der Waals surface area (Å²) >= 11 is 0. The molecule has 0 radical (unpaired) electrons. The van der Waals surface area contributed by atoms with Crippen molar-refractivity contribution in [2.45, 2.75) is 12.1 Å². The standard InChI is InChI=1S/C5H7NO4/c7-1-3-4(2-8)10-5(9)6-3/h2-4,7H,1H2,(H,6,9)/t3-,4-/m0/s1. The van der Waals surface area contributed by atoms with Crippen LogP contribution in [0.5, 0.6) is 0 Å². The first-order valence-corrected chi connectivity index (χ1v) is 2.81. The van der Waals surface area contributed by atoms with Gasteiger partial charge in [-0.05, 0) is 0 Å². The van der Waals surface area contributed by atoms with E-state index in [2.05, 4.69) is 10.1 Å². The van der Waals surface area contributed by atoms with Crippen LogP contribution in [0.25, 0.3) is 0 Å². The molecule has 5 heteroatoms. The van der Waals surface area contributed by atoms with Crippen LogP contribution in [0.2, 0.25) is 0 Å². The van der Waals surface area contributed by atoms with Gasteiger partial charge in [0.25, 0.3) is 0 Å². The number of nitrogens with one attached hydrogen (secondary N) is 1. The molecule has 2 N–H and O–H groups in total. The number of amides is 1. The molecule has 0 spiro atoms. The molecule has 1 rings (SSSR count). The maximum Gasteiger partial charge on any atom is 0.408 e. The van der Waals surface area contributed by atoms with Gasteiger partial charge in [-0.25, -0.2) is 4.79 Å². The molecule has 1 heterocycles. The van der Waals surface area contributed by atoms with E-state index in [1.54, 1.807) is 0 Å². The second-order valence-corrected chi connectivity index (χ2v) is 1.94. The molecule has 56 valence electrons. The summed E-state index contributed by atoms with van der Waals surface area (Å²) in [6.07, 6.45) is -1.01. The van der Waals surface area contributed by atoms with Crippen LogP contribution in [0.3, 0.4) is 0 Å². The largest absolute Gasteiger partial charge is 0.436 e. The van der Waals surface area contributed by atoms with Crippen LogP contribution in [-0.2, 0) is 9.53 Å². The summed E-state index contributed by atoms with van der Waals surface area (Å²) in [6.45, 7) is -0.283. The lowest BCUT2D eigenvalue weighted by Gasteiger charge is -2.05. The number of aliphatic hydroxyl groups excluding tert-OH is 1. The number of alkyl carbamates (subject to hydrolysis) is 1. The van der Waals surface area contributed by atoms with Crippen molar-refractivity contribution in [3.05, 3.63) is 0 Å². The van der Waals surface area contributed by atoms with Gasteiger partial charge in [-0.2, -0.15) is 0 Å². The van der Waals surface area contributed by atoms with Crippen LogP contribution in [-0.4, -0.2) is 36.2 Å². The molecule has 0 saturated carbocycles. The molecule has 0 aromatic rings. The van der Waals surface area contributed by atoms with E-state index in [4.69, 9.17) is 5.11 Å². The Balaban J connectivity index is 2.56. The van der Waals surface area contributed by atoms with Crippen LogP contribution in [0, 0.1) is 0 Å². The lowest BCUT2D eigenvalue weighted by molar-refractivity contribution is -0.114. The molecule has 1 saturated heterocycles. The van der Waals surface area contributed by atoms with E-state index in [1.807, 2.05) is 0 Å². The minimum absolute atomic E-state index is 0.283. The van der Waals surface area contributed by atoms with Gasteiger partial charge in [0.15, 0.2) is 12.4 Å². The lowest BCUT2D eigenvalue weighted by Crippen LogP contribution is -2.35. The van der Waals surface area contributed by atoms with Crippen LogP contribution in [0.15, 0.2) is 0 Å². The van der Waals surface area contributed by atoms with Gasteiger partial charge in [0.2, 0.25) is 0 Å². The number of cyclic esters (lactones) is 1. The summed E-state index contributed by atoms with van der Waals surface area (Å²) < 4.78 is 4.44. The molecule has 1 amide bonds. The van der Waals surface area contributed by atoms with E-state index in [0.717, 1.165) is 0 Å². The fourth-order valence-electron chi connectivity index (χ4n) is 0.745. The first-order chi connectivity index (χ1) is 4.77. The molecule has 5 nitrogen and oxygen atoms in total. The topological polar surface area (TPSA) is 75.6 Å². The van der Waals surface area contributed by atoms with E-state index in [1.165, 1.54) is 0 Å². The summed E-state index contributed by atoms with van der Waals surface area (Å²) in [7, 11) is 0. The van der Waals surface area contributed by atoms with Gasteiger partial charge in [0.05, 0.1) is 12.6 Å². The molecule has 1 aliphatic heterocycles. The van der Waals surface area contributed by atoms with E-state index in [9.17, 15) is 9.59 Å². The summed E-state index contributed by atoms with van der Waals surface area (Å²) in [5.74, 6) is 0. The van der Waals surface area contributed by atoms with Crippen LogP contribution in [0.4, 0.5) is 4.79 Å². The van der Waals surface area contributed by atoms with Crippen molar-refractivity contribution in [2.24, 2.45) is 0 Å². The third-order valence-electron chi connectivity index (χ3n) is 1.27. The molecule has 2 atom stereocenters. The third kappa shape index (κ3) is 1.08. The van der Waals surface area contributed by atoms with Crippen molar-refractivity contribution in [3.63, 3.8) is 0 Å². The van der Waals surface area contributed by atoms with Gasteiger partial charge >= 0.3 is 6.09 Å². The number of carbonyl (C=O) groups is 2. The van der Waals surface area contributed by atoms with Gasteiger partial charge < -0.3 is 15.2 Å². The molecule has 0 bridgehead atoms. The Kier molecular flexibility index (Phi) is 1.86. The minimum atomic E-state index is -0.836. The molecule has 0 aromatic heterocycles. The van der Waals surface area contributed by atoms with Gasteiger partial charge in [-0.15, -0.1) is 0 Å². The average molecular weight is 145 g/mol. The van der Waals surface area contributed by atoms with Crippen LogP contribution < -0.4 is 5.32 Å². The Labute approximate surface area is 57.0 Å². The number of carbonyl (C=O) groups excluding carboxylic acids is 2. The van der Waals surface area contributed by atoms with Crippen molar-refractivity contribution in [1.29, 1.82) is 0 Å². The summed E-state index contributed by atoms with van der Waals surface area (Å²) in [4.78, 5) is 20.5.